The highest BCUT2D eigenvalue weighted by Gasteiger charge is 2.33. The van der Waals surface area contributed by atoms with Crippen molar-refractivity contribution in [2.75, 3.05) is 0 Å². The van der Waals surface area contributed by atoms with Crippen molar-refractivity contribution in [3.63, 3.8) is 0 Å². The molecule has 0 spiro atoms. The van der Waals surface area contributed by atoms with Crippen molar-refractivity contribution in [1.82, 2.24) is 0 Å². The third kappa shape index (κ3) is 2.47. The minimum Gasteiger partial charge on any atom is -0.300 e. The smallest absolute Gasteiger partial charge is 0.133 e. The molecule has 80 valence electrons. The molecule has 1 nitrogen and oxygen atoms in total. The van der Waals surface area contributed by atoms with E-state index in [-0.39, 0.29) is 5.41 Å². The summed E-state index contributed by atoms with van der Waals surface area (Å²) in [5, 5.41) is 0. The Morgan fingerprint density at radius 3 is 2.47 bits per heavy atom. The molecule has 0 radical (unpaired) electrons. The Morgan fingerprint density at radius 1 is 1.27 bits per heavy atom. The normalized spacial score (nSPS) is 25.9. The molecule has 1 aliphatic rings. The minimum atomic E-state index is 0.215. The van der Waals surface area contributed by atoms with E-state index in [0.29, 0.717) is 5.78 Å². The van der Waals surface area contributed by atoms with Gasteiger partial charge >= 0.3 is 0 Å². The van der Waals surface area contributed by atoms with Crippen molar-refractivity contribution in [3.8, 4) is 0 Å². The SMILES string of the molecule is Cc1ccc(CC2(C)CCC(=O)C2)cc1. The quantitative estimate of drug-likeness (QED) is 0.719. The van der Waals surface area contributed by atoms with Gasteiger partial charge in [-0.15, -0.1) is 0 Å². The molecule has 2 rings (SSSR count). The van der Waals surface area contributed by atoms with E-state index in [1.807, 2.05) is 0 Å². The molecular weight excluding hydrogens is 184 g/mol. The van der Waals surface area contributed by atoms with Crippen molar-refractivity contribution in [2.45, 2.75) is 39.5 Å². The van der Waals surface area contributed by atoms with Gasteiger partial charge in [0.1, 0.15) is 5.78 Å². The van der Waals surface area contributed by atoms with Gasteiger partial charge in [0.15, 0.2) is 0 Å². The Morgan fingerprint density at radius 2 is 1.93 bits per heavy atom. The second-order valence-corrected chi connectivity index (χ2v) is 5.19. The summed E-state index contributed by atoms with van der Waals surface area (Å²) in [5.74, 6) is 0.435. The molecule has 1 heteroatoms. The van der Waals surface area contributed by atoms with E-state index in [9.17, 15) is 4.79 Å². The summed E-state index contributed by atoms with van der Waals surface area (Å²) in [6.45, 7) is 4.34. The molecule has 0 bridgehead atoms. The van der Waals surface area contributed by atoms with Crippen LogP contribution in [0.5, 0.6) is 0 Å². The first-order chi connectivity index (χ1) is 7.07. The van der Waals surface area contributed by atoms with E-state index < -0.39 is 0 Å². The first-order valence-corrected chi connectivity index (χ1v) is 5.65. The minimum absolute atomic E-state index is 0.215. The van der Waals surface area contributed by atoms with Crippen LogP contribution in [0.3, 0.4) is 0 Å². The zero-order valence-corrected chi connectivity index (χ0v) is 9.55. The van der Waals surface area contributed by atoms with Gasteiger partial charge in [0.2, 0.25) is 0 Å². The molecule has 0 amide bonds. The van der Waals surface area contributed by atoms with E-state index in [1.165, 1.54) is 11.1 Å². The van der Waals surface area contributed by atoms with Crippen LogP contribution in [0, 0.1) is 12.3 Å². The maximum Gasteiger partial charge on any atom is 0.133 e. The highest BCUT2D eigenvalue weighted by molar-refractivity contribution is 5.81. The van der Waals surface area contributed by atoms with E-state index >= 15 is 0 Å². The lowest BCUT2D eigenvalue weighted by molar-refractivity contribution is -0.117. The second-order valence-electron chi connectivity index (χ2n) is 5.19. The third-order valence-electron chi connectivity index (χ3n) is 3.38. The van der Waals surface area contributed by atoms with Gasteiger partial charge in [-0.3, -0.25) is 4.79 Å². The number of benzene rings is 1. The van der Waals surface area contributed by atoms with Crippen molar-refractivity contribution < 1.29 is 4.79 Å². The van der Waals surface area contributed by atoms with Crippen molar-refractivity contribution in [3.05, 3.63) is 35.4 Å². The lowest BCUT2D eigenvalue weighted by Gasteiger charge is -2.22. The molecule has 1 saturated carbocycles. The fourth-order valence-electron chi connectivity index (χ4n) is 2.44. The average molecular weight is 202 g/mol. The maximum atomic E-state index is 11.3. The highest BCUT2D eigenvalue weighted by Crippen LogP contribution is 2.38. The number of hydrogen-bond donors (Lipinski definition) is 0. The third-order valence-corrected chi connectivity index (χ3v) is 3.38. The number of hydrogen-bond acceptors (Lipinski definition) is 1. The molecular formula is C14H18O. The van der Waals surface area contributed by atoms with Crippen LogP contribution in [0.2, 0.25) is 0 Å². The van der Waals surface area contributed by atoms with Crippen LogP contribution in [-0.4, -0.2) is 5.78 Å². The molecule has 0 aromatic heterocycles. The van der Waals surface area contributed by atoms with Gasteiger partial charge in [0.05, 0.1) is 0 Å². The summed E-state index contributed by atoms with van der Waals surface area (Å²) >= 11 is 0. The van der Waals surface area contributed by atoms with Crippen molar-refractivity contribution in [1.29, 1.82) is 0 Å². The highest BCUT2D eigenvalue weighted by atomic mass is 16.1. The van der Waals surface area contributed by atoms with Crippen LogP contribution in [-0.2, 0) is 11.2 Å². The number of carbonyl (C=O) groups is 1. The monoisotopic (exact) mass is 202 g/mol. The van der Waals surface area contributed by atoms with Crippen LogP contribution in [0.15, 0.2) is 24.3 Å². The molecule has 1 atom stereocenters. The molecule has 0 saturated heterocycles. The Labute approximate surface area is 91.5 Å². The lowest BCUT2D eigenvalue weighted by Crippen LogP contribution is -2.15. The van der Waals surface area contributed by atoms with Crippen LogP contribution in [0.1, 0.15) is 37.3 Å². The van der Waals surface area contributed by atoms with Crippen molar-refractivity contribution >= 4 is 5.78 Å². The zero-order chi connectivity index (χ0) is 10.9. The van der Waals surface area contributed by atoms with Gasteiger partial charge in [-0.1, -0.05) is 36.8 Å². The zero-order valence-electron chi connectivity index (χ0n) is 9.55. The van der Waals surface area contributed by atoms with Crippen LogP contribution in [0.4, 0.5) is 0 Å². The molecule has 15 heavy (non-hydrogen) atoms. The van der Waals surface area contributed by atoms with Gasteiger partial charge in [-0.2, -0.15) is 0 Å². The summed E-state index contributed by atoms with van der Waals surface area (Å²) in [6.07, 6.45) is 3.64. The van der Waals surface area contributed by atoms with Crippen LogP contribution >= 0.6 is 0 Å². The predicted octanol–water partition coefficient (Wildman–Crippen LogP) is 3.30. The molecule has 1 unspecified atom stereocenters. The summed E-state index contributed by atoms with van der Waals surface area (Å²) in [7, 11) is 0. The van der Waals surface area contributed by atoms with E-state index in [4.69, 9.17) is 0 Å². The van der Waals surface area contributed by atoms with Gasteiger partial charge < -0.3 is 0 Å². The lowest BCUT2D eigenvalue weighted by atomic mass is 9.82. The van der Waals surface area contributed by atoms with E-state index in [1.54, 1.807) is 0 Å². The Hall–Kier alpha value is -1.11. The molecule has 0 aliphatic heterocycles. The molecule has 1 fully saturated rings. The average Bonchev–Trinajstić information content (AvgIpc) is 2.50. The Balaban J connectivity index is 2.08. The molecule has 0 N–H and O–H groups in total. The van der Waals surface area contributed by atoms with Gasteiger partial charge in [0, 0.05) is 12.8 Å². The van der Waals surface area contributed by atoms with Crippen LogP contribution in [0.25, 0.3) is 0 Å². The number of carbonyl (C=O) groups excluding carboxylic acids is 1. The van der Waals surface area contributed by atoms with E-state index in [0.717, 1.165) is 25.7 Å². The molecule has 1 aromatic carbocycles. The first-order valence-electron chi connectivity index (χ1n) is 5.65. The largest absolute Gasteiger partial charge is 0.300 e. The second kappa shape index (κ2) is 3.80. The topological polar surface area (TPSA) is 17.1 Å². The Bertz CT molecular complexity index is 363. The number of aryl methyl sites for hydroxylation is 1. The summed E-state index contributed by atoms with van der Waals surface area (Å²) in [5.41, 5.74) is 2.87. The Kier molecular flexibility index (Phi) is 2.64. The number of rotatable bonds is 2. The molecule has 1 aliphatic carbocycles. The maximum absolute atomic E-state index is 11.3. The van der Waals surface area contributed by atoms with E-state index in [2.05, 4.69) is 38.1 Å². The summed E-state index contributed by atoms with van der Waals surface area (Å²) in [4.78, 5) is 11.3. The predicted molar refractivity (Wildman–Crippen MR) is 61.8 cm³/mol. The standard InChI is InChI=1S/C14H18O/c1-11-3-5-12(6-4-11)9-14(2)8-7-13(15)10-14/h3-6H,7-10H2,1-2H3. The molecule has 0 heterocycles. The van der Waals surface area contributed by atoms with Gasteiger partial charge in [-0.25, -0.2) is 0 Å². The fraction of sp³-hybridized carbons (Fsp3) is 0.500. The number of ketones is 1. The summed E-state index contributed by atoms with van der Waals surface area (Å²) in [6, 6.07) is 8.66. The summed E-state index contributed by atoms with van der Waals surface area (Å²) < 4.78 is 0. The molecule has 1 aromatic rings. The fourth-order valence-corrected chi connectivity index (χ4v) is 2.44. The van der Waals surface area contributed by atoms with Gasteiger partial charge in [-0.05, 0) is 30.7 Å². The number of Topliss-reactive ketones (excluding diaryl/α,β-unsaturated/α-hetero) is 1. The van der Waals surface area contributed by atoms with Gasteiger partial charge in [0.25, 0.3) is 0 Å². The van der Waals surface area contributed by atoms with Crippen LogP contribution < -0.4 is 0 Å². The first kappa shape index (κ1) is 10.4. The van der Waals surface area contributed by atoms with Crippen molar-refractivity contribution in [2.24, 2.45) is 5.41 Å².